The lowest BCUT2D eigenvalue weighted by Crippen LogP contribution is -2.36. The fourth-order valence-electron chi connectivity index (χ4n) is 3.33. The molecule has 0 aliphatic heterocycles. The van der Waals surface area contributed by atoms with Crippen LogP contribution in [0.5, 0.6) is 0 Å². The molecule has 0 bridgehead atoms. The van der Waals surface area contributed by atoms with Crippen LogP contribution in [0.1, 0.15) is 43.7 Å². The van der Waals surface area contributed by atoms with Gasteiger partial charge in [0.25, 0.3) is 0 Å². The summed E-state index contributed by atoms with van der Waals surface area (Å²) in [5, 5.41) is 10.0. The van der Waals surface area contributed by atoms with Crippen molar-refractivity contribution in [2.24, 2.45) is 5.92 Å². The van der Waals surface area contributed by atoms with Gasteiger partial charge in [-0.05, 0) is 18.4 Å². The number of hydrogen-bond donors (Lipinski definition) is 2. The van der Waals surface area contributed by atoms with E-state index in [1.807, 2.05) is 30.3 Å². The molecule has 0 radical (unpaired) electrons. The molecule has 26 heavy (non-hydrogen) atoms. The second-order valence-electron chi connectivity index (χ2n) is 6.67. The quantitative estimate of drug-likeness (QED) is 0.756. The largest absolute Gasteiger partial charge is 0.355 e. The molecule has 1 atom stereocenters. The predicted molar refractivity (Wildman–Crippen MR) is 96.9 cm³/mol. The van der Waals surface area contributed by atoms with Gasteiger partial charge in [0, 0.05) is 18.9 Å². The molecule has 0 saturated heterocycles. The highest BCUT2D eigenvalue weighted by molar-refractivity contribution is 5.80. The van der Waals surface area contributed by atoms with Gasteiger partial charge in [-0.15, -0.1) is 0 Å². The van der Waals surface area contributed by atoms with Gasteiger partial charge in [-0.3, -0.25) is 14.3 Å². The summed E-state index contributed by atoms with van der Waals surface area (Å²) < 4.78 is 1.69. The normalized spacial score (nSPS) is 15.5. The van der Waals surface area contributed by atoms with Crippen LogP contribution in [-0.4, -0.2) is 33.1 Å². The molecule has 7 heteroatoms. The molecule has 0 unspecified atom stereocenters. The van der Waals surface area contributed by atoms with Gasteiger partial charge in [-0.1, -0.05) is 43.2 Å². The summed E-state index contributed by atoms with van der Waals surface area (Å²) in [5.74, 6) is 0.116. The van der Waals surface area contributed by atoms with Gasteiger partial charge in [-0.2, -0.15) is 5.10 Å². The lowest BCUT2D eigenvalue weighted by Gasteiger charge is -2.19. The Hall–Kier alpha value is -2.70. The van der Waals surface area contributed by atoms with E-state index >= 15 is 0 Å². The molecule has 2 aromatic rings. The molecule has 2 N–H and O–H groups in total. The Kier molecular flexibility index (Phi) is 6.35. The summed E-state index contributed by atoms with van der Waals surface area (Å²) in [4.78, 5) is 28.3. The van der Waals surface area contributed by atoms with Gasteiger partial charge in [0.2, 0.25) is 11.8 Å². The molecule has 1 aromatic carbocycles. The average Bonchev–Trinajstić information content (AvgIpc) is 3.36. The van der Waals surface area contributed by atoms with E-state index in [0.717, 1.165) is 31.2 Å². The molecule has 3 rings (SSSR count). The number of hydrogen-bond acceptors (Lipinski definition) is 4. The number of nitrogens with one attached hydrogen (secondary N) is 2. The van der Waals surface area contributed by atoms with Crippen molar-refractivity contribution in [3.8, 4) is 0 Å². The highest BCUT2D eigenvalue weighted by atomic mass is 16.2. The van der Waals surface area contributed by atoms with Crippen LogP contribution in [0.15, 0.2) is 43.0 Å². The van der Waals surface area contributed by atoms with Crippen molar-refractivity contribution in [3.05, 3.63) is 48.5 Å². The highest BCUT2D eigenvalue weighted by Gasteiger charge is 2.22. The topological polar surface area (TPSA) is 88.9 Å². The minimum absolute atomic E-state index is 0.0810. The Labute approximate surface area is 153 Å². The molecule has 1 aromatic heterocycles. The molecule has 7 nitrogen and oxygen atoms in total. The third-order valence-corrected chi connectivity index (χ3v) is 4.75. The van der Waals surface area contributed by atoms with E-state index in [1.165, 1.54) is 6.33 Å². The van der Waals surface area contributed by atoms with Crippen molar-refractivity contribution in [1.29, 1.82) is 0 Å². The van der Waals surface area contributed by atoms with Crippen molar-refractivity contribution in [3.63, 3.8) is 0 Å². The van der Waals surface area contributed by atoms with Crippen LogP contribution in [0.25, 0.3) is 0 Å². The maximum absolute atomic E-state index is 12.4. The zero-order valence-electron chi connectivity index (χ0n) is 14.8. The zero-order chi connectivity index (χ0) is 18.2. The summed E-state index contributed by atoms with van der Waals surface area (Å²) in [7, 11) is 0. The van der Waals surface area contributed by atoms with Crippen LogP contribution in [0.2, 0.25) is 0 Å². The number of nitrogens with zero attached hydrogens (tertiary/aromatic N) is 3. The average molecular weight is 355 g/mol. The summed E-state index contributed by atoms with van der Waals surface area (Å²) >= 11 is 0. The van der Waals surface area contributed by atoms with E-state index < -0.39 is 0 Å². The van der Waals surface area contributed by atoms with Crippen molar-refractivity contribution in [2.45, 2.75) is 44.7 Å². The van der Waals surface area contributed by atoms with E-state index in [0.29, 0.717) is 13.1 Å². The maximum Gasteiger partial charge on any atom is 0.223 e. The first-order valence-corrected chi connectivity index (χ1v) is 9.17. The van der Waals surface area contributed by atoms with Crippen LogP contribution in [0, 0.1) is 5.92 Å². The monoisotopic (exact) mass is 355 g/mol. The molecule has 1 saturated carbocycles. The smallest absolute Gasteiger partial charge is 0.223 e. The highest BCUT2D eigenvalue weighted by Crippen LogP contribution is 2.24. The second-order valence-corrected chi connectivity index (χ2v) is 6.67. The zero-order valence-corrected chi connectivity index (χ0v) is 14.8. The minimum Gasteiger partial charge on any atom is -0.355 e. The van der Waals surface area contributed by atoms with Gasteiger partial charge in [-0.25, -0.2) is 4.98 Å². The Morgan fingerprint density at radius 2 is 1.96 bits per heavy atom. The Bertz CT molecular complexity index is 696. The Morgan fingerprint density at radius 1 is 1.19 bits per heavy atom. The molecular weight excluding hydrogens is 330 g/mol. The second kappa shape index (κ2) is 9.12. The lowest BCUT2D eigenvalue weighted by atomic mass is 10.1. The van der Waals surface area contributed by atoms with Gasteiger partial charge in [0.1, 0.15) is 12.7 Å². The van der Waals surface area contributed by atoms with Crippen LogP contribution in [-0.2, 0) is 16.1 Å². The number of rotatable bonds is 8. The summed E-state index contributed by atoms with van der Waals surface area (Å²) in [6.07, 6.45) is 7.54. The number of carbonyl (C=O) groups is 2. The first-order chi connectivity index (χ1) is 12.7. The molecule has 2 amide bonds. The summed E-state index contributed by atoms with van der Waals surface area (Å²) in [6, 6.07) is 9.58. The number of aromatic nitrogens is 3. The van der Waals surface area contributed by atoms with E-state index in [2.05, 4.69) is 20.7 Å². The molecule has 0 spiro atoms. The lowest BCUT2D eigenvalue weighted by molar-refractivity contribution is -0.125. The van der Waals surface area contributed by atoms with Gasteiger partial charge in [0.05, 0.1) is 12.6 Å². The fourth-order valence-corrected chi connectivity index (χ4v) is 3.33. The maximum atomic E-state index is 12.4. The first-order valence-electron chi connectivity index (χ1n) is 9.17. The van der Waals surface area contributed by atoms with E-state index in [4.69, 9.17) is 0 Å². The van der Waals surface area contributed by atoms with Crippen LogP contribution in [0.4, 0.5) is 0 Å². The standard InChI is InChI=1S/C19H25N5O2/c25-18(10-11-21-19(26)16-8-4-5-9-16)23-17(12-24-14-20-13-22-24)15-6-2-1-3-7-15/h1-3,6-7,13-14,16-17H,4-5,8-12H2,(H,21,26)(H,23,25)/t17-/m0/s1. The van der Waals surface area contributed by atoms with Crippen molar-refractivity contribution >= 4 is 11.8 Å². The first kappa shape index (κ1) is 18.1. The van der Waals surface area contributed by atoms with E-state index in [1.54, 1.807) is 11.0 Å². The molecule has 138 valence electrons. The van der Waals surface area contributed by atoms with Crippen LogP contribution < -0.4 is 10.6 Å². The summed E-state index contributed by atoms with van der Waals surface area (Å²) in [5.41, 5.74) is 1.01. The molecular formula is C19H25N5O2. The van der Waals surface area contributed by atoms with E-state index in [-0.39, 0.29) is 30.2 Å². The molecule has 1 aliphatic rings. The minimum atomic E-state index is -0.198. The molecule has 1 fully saturated rings. The Balaban J connectivity index is 1.51. The number of amides is 2. The third kappa shape index (κ3) is 5.15. The Morgan fingerprint density at radius 3 is 2.65 bits per heavy atom. The number of carbonyl (C=O) groups excluding carboxylic acids is 2. The van der Waals surface area contributed by atoms with Crippen molar-refractivity contribution in [1.82, 2.24) is 25.4 Å². The van der Waals surface area contributed by atoms with Gasteiger partial charge < -0.3 is 10.6 Å². The van der Waals surface area contributed by atoms with Gasteiger partial charge in [0.15, 0.2) is 0 Å². The molecule has 1 aliphatic carbocycles. The SMILES string of the molecule is O=C(CCNC(=O)C1CCCC1)N[C@@H](Cn1cncn1)c1ccccc1. The summed E-state index contributed by atoms with van der Waals surface area (Å²) in [6.45, 7) is 0.871. The third-order valence-electron chi connectivity index (χ3n) is 4.75. The molecule has 1 heterocycles. The van der Waals surface area contributed by atoms with Crippen LogP contribution >= 0.6 is 0 Å². The van der Waals surface area contributed by atoms with Crippen molar-refractivity contribution < 1.29 is 9.59 Å². The fraction of sp³-hybridized carbons (Fsp3) is 0.474. The van der Waals surface area contributed by atoms with E-state index in [9.17, 15) is 9.59 Å². The van der Waals surface area contributed by atoms with Crippen LogP contribution in [0.3, 0.4) is 0 Å². The van der Waals surface area contributed by atoms with Crippen molar-refractivity contribution in [2.75, 3.05) is 6.54 Å². The van der Waals surface area contributed by atoms with Gasteiger partial charge >= 0.3 is 0 Å². The number of benzene rings is 1. The predicted octanol–water partition coefficient (Wildman–Crippen LogP) is 1.83.